The van der Waals surface area contributed by atoms with Crippen LogP contribution < -0.4 is 5.73 Å². The van der Waals surface area contributed by atoms with Crippen molar-refractivity contribution in [1.82, 2.24) is 9.97 Å². The van der Waals surface area contributed by atoms with Crippen LogP contribution in [0.3, 0.4) is 0 Å². The van der Waals surface area contributed by atoms with Crippen molar-refractivity contribution in [3.8, 4) is 0 Å². The molecule has 0 aliphatic carbocycles. The van der Waals surface area contributed by atoms with Crippen LogP contribution in [0.25, 0.3) is 0 Å². The van der Waals surface area contributed by atoms with Crippen LogP contribution in [-0.4, -0.2) is 9.97 Å². The highest BCUT2D eigenvalue weighted by molar-refractivity contribution is 7.12. The molecule has 0 amide bonds. The molecule has 5 heteroatoms. The van der Waals surface area contributed by atoms with Gasteiger partial charge in [0.1, 0.15) is 16.1 Å². The minimum Gasteiger partial charge on any atom is -0.316 e. The smallest absolute Gasteiger partial charge is 0.117 e. The van der Waals surface area contributed by atoms with Crippen molar-refractivity contribution in [3.63, 3.8) is 0 Å². The van der Waals surface area contributed by atoms with Gasteiger partial charge >= 0.3 is 0 Å². The largest absolute Gasteiger partial charge is 0.316 e. The number of hydrogen-bond acceptors (Lipinski definition) is 5. The molecule has 0 aromatic carbocycles. The highest BCUT2D eigenvalue weighted by Crippen LogP contribution is 2.27. The Hall–Kier alpha value is -0.780. The molecule has 0 spiro atoms. The average Bonchev–Trinajstić information content (AvgIpc) is 2.74. The predicted octanol–water partition coefficient (Wildman–Crippen LogP) is 2.57. The van der Waals surface area contributed by atoms with Crippen LogP contribution in [0.15, 0.2) is 5.38 Å². The molecule has 0 aliphatic rings. The summed E-state index contributed by atoms with van der Waals surface area (Å²) in [5.41, 5.74) is 8.20. The van der Waals surface area contributed by atoms with Crippen molar-refractivity contribution in [2.45, 2.75) is 26.8 Å². The van der Waals surface area contributed by atoms with E-state index in [0.717, 1.165) is 21.4 Å². The van der Waals surface area contributed by atoms with Crippen LogP contribution in [0.5, 0.6) is 0 Å². The van der Waals surface area contributed by atoms with E-state index >= 15 is 0 Å². The maximum Gasteiger partial charge on any atom is 0.117 e. The van der Waals surface area contributed by atoms with E-state index in [2.05, 4.69) is 16.9 Å². The predicted molar refractivity (Wildman–Crippen MR) is 64.5 cm³/mol. The number of thiazole rings is 2. The van der Waals surface area contributed by atoms with Gasteiger partial charge in [-0.15, -0.1) is 22.7 Å². The van der Waals surface area contributed by atoms with Gasteiger partial charge in [-0.25, -0.2) is 9.97 Å². The summed E-state index contributed by atoms with van der Waals surface area (Å²) in [6, 6.07) is -0.166. The van der Waals surface area contributed by atoms with Crippen LogP contribution in [0.4, 0.5) is 0 Å². The third kappa shape index (κ3) is 2.09. The normalized spacial score (nSPS) is 13.1. The third-order valence-corrected chi connectivity index (χ3v) is 4.42. The van der Waals surface area contributed by atoms with Gasteiger partial charge in [0.2, 0.25) is 0 Å². The molecule has 0 aliphatic heterocycles. The highest BCUT2D eigenvalue weighted by Gasteiger charge is 2.16. The summed E-state index contributed by atoms with van der Waals surface area (Å²) in [4.78, 5) is 10.1. The minimum atomic E-state index is -0.166. The summed E-state index contributed by atoms with van der Waals surface area (Å²) < 4.78 is 0. The number of hydrogen-bond donors (Lipinski definition) is 1. The molecule has 1 unspecified atom stereocenters. The molecule has 0 saturated carbocycles. The Morgan fingerprint density at radius 3 is 2.40 bits per heavy atom. The third-order valence-electron chi connectivity index (χ3n) is 2.21. The van der Waals surface area contributed by atoms with Crippen molar-refractivity contribution < 1.29 is 0 Å². The first-order chi connectivity index (χ1) is 7.08. The van der Waals surface area contributed by atoms with E-state index in [1.54, 1.807) is 22.7 Å². The van der Waals surface area contributed by atoms with Crippen LogP contribution in [-0.2, 0) is 0 Å². The Kier molecular flexibility index (Phi) is 2.86. The van der Waals surface area contributed by atoms with Gasteiger partial charge in [0.15, 0.2) is 0 Å². The summed E-state index contributed by atoms with van der Waals surface area (Å²) in [5.74, 6) is 0. The van der Waals surface area contributed by atoms with Crippen LogP contribution in [0.2, 0.25) is 0 Å². The topological polar surface area (TPSA) is 51.8 Å². The number of nitrogens with two attached hydrogens (primary N) is 1. The maximum atomic E-state index is 6.11. The van der Waals surface area contributed by atoms with Gasteiger partial charge in [0.25, 0.3) is 0 Å². The van der Waals surface area contributed by atoms with Gasteiger partial charge in [-0.2, -0.15) is 0 Å². The highest BCUT2D eigenvalue weighted by atomic mass is 32.1. The second-order valence-electron chi connectivity index (χ2n) is 3.50. The van der Waals surface area contributed by atoms with E-state index in [9.17, 15) is 0 Å². The second kappa shape index (κ2) is 4.00. The molecule has 0 bridgehead atoms. The standard InChI is InChI=1S/C10H13N3S2/c1-5-4-14-9(12-5)8(11)10-13-6(2)7(3)15-10/h4,8H,11H2,1-3H3. The molecule has 1 atom stereocenters. The van der Waals surface area contributed by atoms with Crippen molar-refractivity contribution in [1.29, 1.82) is 0 Å². The first kappa shape index (κ1) is 10.7. The zero-order chi connectivity index (χ0) is 11.0. The molecule has 2 aromatic heterocycles. The Balaban J connectivity index is 2.31. The van der Waals surface area contributed by atoms with Crippen molar-refractivity contribution in [2.75, 3.05) is 0 Å². The summed E-state index contributed by atoms with van der Waals surface area (Å²) >= 11 is 3.26. The maximum absolute atomic E-state index is 6.11. The van der Waals surface area contributed by atoms with Gasteiger partial charge in [-0.1, -0.05) is 0 Å². The molecule has 2 heterocycles. The monoisotopic (exact) mass is 239 g/mol. The lowest BCUT2D eigenvalue weighted by Gasteiger charge is -2.02. The second-order valence-corrected chi connectivity index (χ2v) is 5.62. The van der Waals surface area contributed by atoms with Gasteiger partial charge in [0.05, 0.1) is 5.69 Å². The lowest BCUT2D eigenvalue weighted by atomic mass is 10.3. The Bertz CT molecular complexity index is 453. The van der Waals surface area contributed by atoms with Crippen molar-refractivity contribution in [3.05, 3.63) is 31.7 Å². The zero-order valence-corrected chi connectivity index (χ0v) is 10.6. The number of rotatable bonds is 2. The molecule has 0 radical (unpaired) electrons. The number of nitrogens with zero attached hydrogens (tertiary/aromatic N) is 2. The molecule has 80 valence electrons. The lowest BCUT2D eigenvalue weighted by molar-refractivity contribution is 0.836. The van der Waals surface area contributed by atoms with Crippen LogP contribution in [0, 0.1) is 20.8 Å². The fourth-order valence-corrected chi connectivity index (χ4v) is 3.05. The molecule has 0 fully saturated rings. The first-order valence-electron chi connectivity index (χ1n) is 4.69. The molecule has 3 nitrogen and oxygen atoms in total. The Morgan fingerprint density at radius 1 is 1.20 bits per heavy atom. The van der Waals surface area contributed by atoms with E-state index in [1.807, 2.05) is 19.2 Å². The van der Waals surface area contributed by atoms with Gasteiger partial charge in [-0.05, 0) is 20.8 Å². The summed E-state index contributed by atoms with van der Waals surface area (Å²) in [7, 11) is 0. The van der Waals surface area contributed by atoms with Crippen LogP contribution >= 0.6 is 22.7 Å². The quantitative estimate of drug-likeness (QED) is 0.876. The number of aromatic nitrogens is 2. The minimum absolute atomic E-state index is 0.166. The molecule has 2 aromatic rings. The van der Waals surface area contributed by atoms with Gasteiger partial charge < -0.3 is 5.73 Å². The van der Waals surface area contributed by atoms with Crippen molar-refractivity contribution in [2.24, 2.45) is 5.73 Å². The molecule has 0 saturated heterocycles. The fourth-order valence-electron chi connectivity index (χ4n) is 1.25. The Labute approximate surface area is 97.0 Å². The van der Waals surface area contributed by atoms with E-state index in [0.29, 0.717) is 0 Å². The molecular formula is C10H13N3S2. The summed E-state index contributed by atoms with van der Waals surface area (Å²) in [6.45, 7) is 6.05. The summed E-state index contributed by atoms with van der Waals surface area (Å²) in [6.07, 6.45) is 0. The first-order valence-corrected chi connectivity index (χ1v) is 6.39. The van der Waals surface area contributed by atoms with Crippen LogP contribution in [0.1, 0.15) is 32.3 Å². The zero-order valence-electron chi connectivity index (χ0n) is 8.94. The SMILES string of the molecule is Cc1csc(C(N)c2nc(C)c(C)s2)n1. The molecule has 2 rings (SSSR count). The van der Waals surface area contributed by atoms with E-state index in [4.69, 9.17) is 5.73 Å². The van der Waals surface area contributed by atoms with Gasteiger partial charge in [0, 0.05) is 16.0 Å². The Morgan fingerprint density at radius 2 is 1.93 bits per heavy atom. The van der Waals surface area contributed by atoms with E-state index < -0.39 is 0 Å². The molecular weight excluding hydrogens is 226 g/mol. The lowest BCUT2D eigenvalue weighted by Crippen LogP contribution is -2.11. The average molecular weight is 239 g/mol. The number of aryl methyl sites for hydroxylation is 3. The van der Waals surface area contributed by atoms with Crippen molar-refractivity contribution >= 4 is 22.7 Å². The molecule has 2 N–H and O–H groups in total. The van der Waals surface area contributed by atoms with E-state index in [-0.39, 0.29) is 6.04 Å². The van der Waals surface area contributed by atoms with Gasteiger partial charge in [-0.3, -0.25) is 0 Å². The summed E-state index contributed by atoms with van der Waals surface area (Å²) in [5, 5.41) is 3.92. The fraction of sp³-hybridized carbons (Fsp3) is 0.400. The molecule has 15 heavy (non-hydrogen) atoms. The van der Waals surface area contributed by atoms with E-state index in [1.165, 1.54) is 4.88 Å².